The monoisotopic (exact) mass is 416 g/mol. The summed E-state index contributed by atoms with van der Waals surface area (Å²) in [5.41, 5.74) is 1.67. The molecule has 0 spiro atoms. The Labute approximate surface area is 170 Å². The van der Waals surface area contributed by atoms with E-state index in [0.717, 1.165) is 11.6 Å². The summed E-state index contributed by atoms with van der Waals surface area (Å²) in [6.07, 6.45) is -4.49. The first-order valence-corrected chi connectivity index (χ1v) is 9.29. The zero-order chi connectivity index (χ0) is 20.4. The Morgan fingerprint density at radius 3 is 2.48 bits per heavy atom. The molecule has 3 nitrogen and oxygen atoms in total. The molecule has 0 saturated heterocycles. The summed E-state index contributed by atoms with van der Waals surface area (Å²) in [6.45, 7) is 0.568. The second-order valence-corrected chi connectivity index (χ2v) is 7.03. The first-order chi connectivity index (χ1) is 13.9. The maximum absolute atomic E-state index is 13.7. The number of rotatable bonds is 5. The molecular weight excluding hydrogens is 401 g/mol. The Hall–Kier alpha value is -2.83. The van der Waals surface area contributed by atoms with Crippen LogP contribution in [0.4, 0.5) is 13.2 Å². The number of hydrogen-bond donors (Lipinski definition) is 1. The SMILES string of the molecule is FC(F)(F)c1cc(-c2nc3cc(Cl)ccc3o2)ccc1CNCc1ccccc1. The molecule has 0 saturated carbocycles. The van der Waals surface area contributed by atoms with Crippen molar-refractivity contribution < 1.29 is 17.6 Å². The van der Waals surface area contributed by atoms with Gasteiger partial charge in [0.2, 0.25) is 5.89 Å². The minimum atomic E-state index is -4.49. The number of halogens is 4. The van der Waals surface area contributed by atoms with Gasteiger partial charge in [0.1, 0.15) is 5.52 Å². The van der Waals surface area contributed by atoms with Crippen LogP contribution >= 0.6 is 11.6 Å². The van der Waals surface area contributed by atoms with Crippen LogP contribution in [0, 0.1) is 0 Å². The van der Waals surface area contributed by atoms with Crippen LogP contribution in [-0.4, -0.2) is 4.98 Å². The molecule has 0 radical (unpaired) electrons. The van der Waals surface area contributed by atoms with Gasteiger partial charge < -0.3 is 9.73 Å². The fourth-order valence-corrected chi connectivity index (χ4v) is 3.26. The molecule has 7 heteroatoms. The maximum atomic E-state index is 13.7. The molecule has 0 bridgehead atoms. The normalized spacial score (nSPS) is 11.9. The molecule has 0 aliphatic rings. The summed E-state index contributed by atoms with van der Waals surface area (Å²) in [7, 11) is 0. The van der Waals surface area contributed by atoms with Crippen molar-refractivity contribution in [2.75, 3.05) is 0 Å². The third-order valence-electron chi connectivity index (χ3n) is 4.50. The topological polar surface area (TPSA) is 38.1 Å². The van der Waals surface area contributed by atoms with Gasteiger partial charge in [-0.25, -0.2) is 4.98 Å². The van der Waals surface area contributed by atoms with Crippen molar-refractivity contribution >= 4 is 22.7 Å². The average Bonchev–Trinajstić information content (AvgIpc) is 3.11. The van der Waals surface area contributed by atoms with E-state index in [1.54, 1.807) is 24.3 Å². The van der Waals surface area contributed by atoms with E-state index in [2.05, 4.69) is 10.3 Å². The summed E-state index contributed by atoms with van der Waals surface area (Å²) < 4.78 is 46.6. The van der Waals surface area contributed by atoms with Gasteiger partial charge in [-0.05, 0) is 41.5 Å². The van der Waals surface area contributed by atoms with Gasteiger partial charge in [-0.3, -0.25) is 0 Å². The fraction of sp³-hybridized carbons (Fsp3) is 0.136. The summed E-state index contributed by atoms with van der Waals surface area (Å²) in [5.74, 6) is 0.122. The lowest BCUT2D eigenvalue weighted by atomic mass is 10.0. The Bertz CT molecular complexity index is 1140. The van der Waals surface area contributed by atoms with E-state index in [-0.39, 0.29) is 23.6 Å². The Morgan fingerprint density at radius 2 is 1.72 bits per heavy atom. The van der Waals surface area contributed by atoms with Crippen molar-refractivity contribution in [2.45, 2.75) is 19.3 Å². The van der Waals surface area contributed by atoms with Crippen molar-refractivity contribution in [3.05, 3.63) is 88.4 Å². The highest BCUT2D eigenvalue weighted by atomic mass is 35.5. The van der Waals surface area contributed by atoms with Gasteiger partial charge in [-0.15, -0.1) is 0 Å². The van der Waals surface area contributed by atoms with Crippen LogP contribution in [-0.2, 0) is 19.3 Å². The van der Waals surface area contributed by atoms with E-state index in [9.17, 15) is 13.2 Å². The highest BCUT2D eigenvalue weighted by molar-refractivity contribution is 6.31. The van der Waals surface area contributed by atoms with Gasteiger partial charge in [0, 0.05) is 23.7 Å². The van der Waals surface area contributed by atoms with Crippen molar-refractivity contribution in [3.8, 4) is 11.5 Å². The molecule has 0 fully saturated rings. The van der Waals surface area contributed by atoms with Crippen LogP contribution in [0.2, 0.25) is 5.02 Å². The molecule has 1 aromatic heterocycles. The number of alkyl halides is 3. The number of nitrogens with one attached hydrogen (secondary N) is 1. The predicted octanol–water partition coefficient (Wildman–Crippen LogP) is 6.46. The minimum Gasteiger partial charge on any atom is -0.436 e. The molecule has 0 aliphatic carbocycles. The van der Waals surface area contributed by atoms with Crippen molar-refractivity contribution in [1.82, 2.24) is 10.3 Å². The van der Waals surface area contributed by atoms with Gasteiger partial charge in [0.05, 0.1) is 5.56 Å². The third-order valence-corrected chi connectivity index (χ3v) is 4.73. The number of benzene rings is 3. The standard InChI is InChI=1S/C22H16ClF3N2O/c23-17-8-9-20-19(11-17)28-21(29-20)15-6-7-16(18(10-15)22(24,25)26)13-27-12-14-4-2-1-3-5-14/h1-11,27H,12-13H2. The van der Waals surface area contributed by atoms with Crippen molar-refractivity contribution in [1.29, 1.82) is 0 Å². The molecule has 1 heterocycles. The maximum Gasteiger partial charge on any atom is 0.416 e. The third kappa shape index (κ3) is 4.44. The molecule has 148 valence electrons. The Balaban J connectivity index is 1.61. The van der Waals surface area contributed by atoms with Gasteiger partial charge in [-0.2, -0.15) is 13.2 Å². The quantitative estimate of drug-likeness (QED) is 0.406. The second-order valence-electron chi connectivity index (χ2n) is 6.59. The van der Waals surface area contributed by atoms with E-state index in [1.165, 1.54) is 6.07 Å². The van der Waals surface area contributed by atoms with Crippen LogP contribution in [0.5, 0.6) is 0 Å². The number of hydrogen-bond acceptors (Lipinski definition) is 3. The molecular formula is C22H16ClF3N2O. The zero-order valence-corrected chi connectivity index (χ0v) is 15.9. The van der Waals surface area contributed by atoms with E-state index in [0.29, 0.717) is 22.7 Å². The van der Waals surface area contributed by atoms with Gasteiger partial charge in [0.25, 0.3) is 0 Å². The molecule has 4 rings (SSSR count). The highest BCUT2D eigenvalue weighted by Gasteiger charge is 2.33. The lowest BCUT2D eigenvalue weighted by Gasteiger charge is -2.14. The number of aromatic nitrogens is 1. The molecule has 29 heavy (non-hydrogen) atoms. The summed E-state index contributed by atoms with van der Waals surface area (Å²) >= 11 is 5.94. The Kier molecular flexibility index (Phi) is 5.30. The van der Waals surface area contributed by atoms with Crippen molar-refractivity contribution in [3.63, 3.8) is 0 Å². The van der Waals surface area contributed by atoms with Crippen LogP contribution in [0.25, 0.3) is 22.6 Å². The van der Waals surface area contributed by atoms with Crippen LogP contribution in [0.15, 0.2) is 71.1 Å². The number of nitrogens with zero attached hydrogens (tertiary/aromatic N) is 1. The molecule has 0 aliphatic heterocycles. The van der Waals surface area contributed by atoms with Crippen LogP contribution in [0.3, 0.4) is 0 Å². The van der Waals surface area contributed by atoms with Gasteiger partial charge in [-0.1, -0.05) is 48.0 Å². The summed E-state index contributed by atoms with van der Waals surface area (Å²) in [5, 5.41) is 3.54. The second kappa shape index (κ2) is 7.89. The molecule has 0 amide bonds. The summed E-state index contributed by atoms with van der Waals surface area (Å²) in [4.78, 5) is 4.26. The predicted molar refractivity (Wildman–Crippen MR) is 106 cm³/mol. The van der Waals surface area contributed by atoms with Gasteiger partial charge in [0.15, 0.2) is 5.58 Å². The first-order valence-electron chi connectivity index (χ1n) is 8.91. The zero-order valence-electron chi connectivity index (χ0n) is 15.1. The van der Waals surface area contributed by atoms with E-state index in [1.807, 2.05) is 30.3 Å². The fourth-order valence-electron chi connectivity index (χ4n) is 3.09. The molecule has 3 aromatic carbocycles. The Morgan fingerprint density at radius 1 is 0.931 bits per heavy atom. The lowest BCUT2D eigenvalue weighted by Crippen LogP contribution is -2.17. The summed E-state index contributed by atoms with van der Waals surface area (Å²) in [6, 6.07) is 18.5. The van der Waals surface area contributed by atoms with Crippen molar-refractivity contribution in [2.24, 2.45) is 0 Å². The molecule has 0 unspecified atom stereocenters. The van der Waals surface area contributed by atoms with Gasteiger partial charge >= 0.3 is 6.18 Å². The van der Waals surface area contributed by atoms with E-state index < -0.39 is 11.7 Å². The molecule has 0 atom stereocenters. The molecule has 1 N–H and O–H groups in total. The minimum absolute atomic E-state index is 0.0905. The lowest BCUT2D eigenvalue weighted by molar-refractivity contribution is -0.138. The number of oxazole rings is 1. The average molecular weight is 417 g/mol. The molecule has 4 aromatic rings. The smallest absolute Gasteiger partial charge is 0.416 e. The first kappa shape index (κ1) is 19.5. The van der Waals surface area contributed by atoms with Crippen LogP contribution in [0.1, 0.15) is 16.7 Å². The number of fused-ring (bicyclic) bond motifs is 1. The largest absolute Gasteiger partial charge is 0.436 e. The van der Waals surface area contributed by atoms with E-state index in [4.69, 9.17) is 16.0 Å². The highest BCUT2D eigenvalue weighted by Crippen LogP contribution is 2.35. The van der Waals surface area contributed by atoms with Crippen LogP contribution < -0.4 is 5.32 Å². The van der Waals surface area contributed by atoms with E-state index >= 15 is 0 Å².